The van der Waals surface area contributed by atoms with Crippen LogP contribution in [-0.4, -0.2) is 28.0 Å². The van der Waals surface area contributed by atoms with E-state index in [1.165, 1.54) is 12.6 Å². The maximum atomic E-state index is 11.8. The van der Waals surface area contributed by atoms with Gasteiger partial charge in [-0.1, -0.05) is 38.3 Å². The van der Waals surface area contributed by atoms with Gasteiger partial charge in [-0.05, 0) is 12.3 Å². The average Bonchev–Trinajstić information content (AvgIpc) is 2.37. The van der Waals surface area contributed by atoms with E-state index in [1.807, 2.05) is 0 Å². The molecule has 1 heterocycles. The van der Waals surface area contributed by atoms with Gasteiger partial charge in [-0.2, -0.15) is 5.10 Å². The number of hydrogen-bond donors (Lipinski definition) is 2. The molecular formula is C13H22ClN3O2. The molecule has 0 aliphatic heterocycles. The largest absolute Gasteiger partial charge is 0.394 e. The predicted octanol–water partition coefficient (Wildman–Crippen LogP) is 2.13. The van der Waals surface area contributed by atoms with Crippen molar-refractivity contribution >= 4 is 17.3 Å². The third kappa shape index (κ3) is 5.20. The number of nitrogens with one attached hydrogen (secondary N) is 1. The summed E-state index contributed by atoms with van der Waals surface area (Å²) in [7, 11) is 0. The molecule has 0 spiro atoms. The van der Waals surface area contributed by atoms with Crippen molar-refractivity contribution in [2.45, 2.75) is 39.7 Å². The van der Waals surface area contributed by atoms with Gasteiger partial charge >= 0.3 is 0 Å². The molecule has 1 aromatic rings. The van der Waals surface area contributed by atoms with E-state index < -0.39 is 0 Å². The number of aliphatic hydroxyl groups excluding tert-OH is 1. The highest BCUT2D eigenvalue weighted by molar-refractivity contribution is 6.32. The summed E-state index contributed by atoms with van der Waals surface area (Å²) in [4.78, 5) is 11.8. The summed E-state index contributed by atoms with van der Waals surface area (Å²) in [5.74, 6) is 0.715. The zero-order valence-corrected chi connectivity index (χ0v) is 12.3. The Hall–Kier alpha value is -1.07. The summed E-state index contributed by atoms with van der Waals surface area (Å²) in [6, 6.07) is 0. The van der Waals surface area contributed by atoms with Crippen LogP contribution in [-0.2, 0) is 6.54 Å². The second kappa shape index (κ2) is 8.17. The minimum absolute atomic E-state index is 0.132. The summed E-state index contributed by atoms with van der Waals surface area (Å²) < 4.78 is 1.16. The molecule has 0 aromatic carbocycles. The maximum Gasteiger partial charge on any atom is 0.287 e. The van der Waals surface area contributed by atoms with Gasteiger partial charge in [0.15, 0.2) is 0 Å². The molecule has 0 atom stereocenters. The first kappa shape index (κ1) is 16.0. The summed E-state index contributed by atoms with van der Waals surface area (Å²) in [5, 5.41) is 16.0. The third-order valence-electron chi connectivity index (χ3n) is 2.82. The molecule has 0 aliphatic carbocycles. The number of unbranched alkanes of at least 4 members (excludes halogenated alkanes) is 1. The van der Waals surface area contributed by atoms with E-state index in [-0.39, 0.29) is 23.7 Å². The van der Waals surface area contributed by atoms with Crippen molar-refractivity contribution in [3.63, 3.8) is 0 Å². The van der Waals surface area contributed by atoms with Crippen molar-refractivity contribution in [2.75, 3.05) is 18.5 Å². The van der Waals surface area contributed by atoms with Crippen LogP contribution in [0.15, 0.2) is 11.0 Å². The molecule has 1 rings (SSSR count). The molecule has 19 heavy (non-hydrogen) atoms. The fraction of sp³-hybridized carbons (Fsp3) is 0.692. The number of anilines is 1. The van der Waals surface area contributed by atoms with Gasteiger partial charge in [0.2, 0.25) is 0 Å². The Bertz CT molecular complexity index is 446. The molecule has 0 saturated carbocycles. The smallest absolute Gasteiger partial charge is 0.287 e. The average molecular weight is 288 g/mol. The molecule has 0 saturated heterocycles. The molecular weight excluding hydrogens is 266 g/mol. The highest BCUT2D eigenvalue weighted by Crippen LogP contribution is 2.15. The van der Waals surface area contributed by atoms with Crippen molar-refractivity contribution < 1.29 is 5.11 Å². The van der Waals surface area contributed by atoms with Crippen molar-refractivity contribution in [2.24, 2.45) is 5.92 Å². The van der Waals surface area contributed by atoms with Gasteiger partial charge in [-0.25, -0.2) is 4.68 Å². The summed E-state index contributed by atoms with van der Waals surface area (Å²) in [6.07, 6.45) is 4.92. The quantitative estimate of drug-likeness (QED) is 0.719. The first-order valence-electron chi connectivity index (χ1n) is 6.66. The molecule has 0 amide bonds. The first-order chi connectivity index (χ1) is 9.06. The van der Waals surface area contributed by atoms with Crippen molar-refractivity contribution in [1.29, 1.82) is 0 Å². The molecule has 1 aromatic heterocycles. The summed E-state index contributed by atoms with van der Waals surface area (Å²) in [6.45, 7) is 5.21. The second-order valence-electron chi connectivity index (χ2n) is 4.94. The van der Waals surface area contributed by atoms with Crippen molar-refractivity contribution in [3.05, 3.63) is 21.6 Å². The summed E-state index contributed by atoms with van der Waals surface area (Å²) >= 11 is 5.98. The topological polar surface area (TPSA) is 67.2 Å². The number of aromatic nitrogens is 2. The zero-order chi connectivity index (χ0) is 14.3. The van der Waals surface area contributed by atoms with Crippen LogP contribution in [0, 0.1) is 5.92 Å². The van der Waals surface area contributed by atoms with Crippen LogP contribution in [0.2, 0.25) is 5.02 Å². The Kier molecular flexibility index (Phi) is 6.87. The van der Waals surface area contributed by atoms with E-state index in [1.54, 1.807) is 0 Å². The van der Waals surface area contributed by atoms with Crippen LogP contribution < -0.4 is 10.9 Å². The standard InChI is InChI=1S/C13H22ClN3O2/c1-10(2)5-3-4-6-15-11-9-16-17(7-8-18)13(19)12(11)14/h9-10,15,18H,3-8H2,1-2H3. The van der Waals surface area contributed by atoms with Gasteiger partial charge < -0.3 is 10.4 Å². The van der Waals surface area contributed by atoms with Gasteiger partial charge in [-0.3, -0.25) is 4.79 Å². The Morgan fingerprint density at radius 1 is 1.47 bits per heavy atom. The number of hydrogen-bond acceptors (Lipinski definition) is 4. The molecule has 5 nitrogen and oxygen atoms in total. The molecule has 0 bridgehead atoms. The lowest BCUT2D eigenvalue weighted by Gasteiger charge is -2.10. The fourth-order valence-corrected chi connectivity index (χ4v) is 1.96. The molecule has 0 radical (unpaired) electrons. The lowest BCUT2D eigenvalue weighted by molar-refractivity contribution is 0.266. The SMILES string of the molecule is CC(C)CCCCNc1cnn(CCO)c(=O)c1Cl. The normalized spacial score (nSPS) is 11.0. The Morgan fingerprint density at radius 3 is 2.84 bits per heavy atom. The van der Waals surface area contributed by atoms with Gasteiger partial charge in [0.05, 0.1) is 25.0 Å². The summed E-state index contributed by atoms with van der Waals surface area (Å²) in [5.41, 5.74) is 0.188. The van der Waals surface area contributed by atoms with E-state index in [2.05, 4.69) is 24.3 Å². The highest BCUT2D eigenvalue weighted by Gasteiger charge is 2.08. The Balaban J connectivity index is 2.51. The highest BCUT2D eigenvalue weighted by atomic mass is 35.5. The van der Waals surface area contributed by atoms with Crippen LogP contribution in [0.4, 0.5) is 5.69 Å². The van der Waals surface area contributed by atoms with Crippen LogP contribution in [0.5, 0.6) is 0 Å². The zero-order valence-electron chi connectivity index (χ0n) is 11.5. The maximum absolute atomic E-state index is 11.8. The molecule has 0 fully saturated rings. The molecule has 0 unspecified atom stereocenters. The second-order valence-corrected chi connectivity index (χ2v) is 5.32. The lowest BCUT2D eigenvalue weighted by Crippen LogP contribution is -2.25. The Labute approximate surface area is 118 Å². The molecule has 2 N–H and O–H groups in total. The van der Waals surface area contributed by atoms with E-state index in [0.29, 0.717) is 11.6 Å². The number of nitrogens with zero attached hydrogens (tertiary/aromatic N) is 2. The monoisotopic (exact) mass is 287 g/mol. The van der Waals surface area contributed by atoms with Crippen LogP contribution in [0.3, 0.4) is 0 Å². The van der Waals surface area contributed by atoms with E-state index in [0.717, 1.165) is 24.1 Å². The molecule has 108 valence electrons. The van der Waals surface area contributed by atoms with Gasteiger partial charge in [0, 0.05) is 6.54 Å². The molecule has 0 aliphatic rings. The first-order valence-corrected chi connectivity index (χ1v) is 7.04. The van der Waals surface area contributed by atoms with Gasteiger partial charge in [-0.15, -0.1) is 0 Å². The van der Waals surface area contributed by atoms with Crippen molar-refractivity contribution in [3.8, 4) is 0 Å². The predicted molar refractivity (Wildman–Crippen MR) is 77.8 cm³/mol. The van der Waals surface area contributed by atoms with Crippen molar-refractivity contribution in [1.82, 2.24) is 9.78 Å². The number of rotatable bonds is 8. The van der Waals surface area contributed by atoms with Gasteiger partial charge in [0.25, 0.3) is 5.56 Å². The lowest BCUT2D eigenvalue weighted by atomic mass is 10.1. The van der Waals surface area contributed by atoms with Crippen LogP contribution in [0.25, 0.3) is 0 Å². The third-order valence-corrected chi connectivity index (χ3v) is 3.19. The fourth-order valence-electron chi connectivity index (χ4n) is 1.74. The van der Waals surface area contributed by atoms with Crippen LogP contribution >= 0.6 is 11.6 Å². The van der Waals surface area contributed by atoms with E-state index >= 15 is 0 Å². The van der Waals surface area contributed by atoms with E-state index in [4.69, 9.17) is 16.7 Å². The van der Waals surface area contributed by atoms with Crippen LogP contribution in [0.1, 0.15) is 33.1 Å². The Morgan fingerprint density at radius 2 is 2.21 bits per heavy atom. The minimum atomic E-state index is -0.372. The number of aliphatic hydroxyl groups is 1. The minimum Gasteiger partial charge on any atom is -0.394 e. The molecule has 6 heteroatoms. The van der Waals surface area contributed by atoms with E-state index in [9.17, 15) is 4.79 Å². The number of halogens is 1. The van der Waals surface area contributed by atoms with Gasteiger partial charge in [0.1, 0.15) is 5.02 Å².